The molecule has 0 bridgehead atoms. The second-order valence-corrected chi connectivity index (χ2v) is 5.44. The number of hydrogen-bond donors (Lipinski definition) is 1. The van der Waals surface area contributed by atoms with E-state index >= 15 is 0 Å². The van der Waals surface area contributed by atoms with Crippen LogP contribution < -0.4 is 0 Å². The lowest BCUT2D eigenvalue weighted by Crippen LogP contribution is -2.55. The summed E-state index contributed by atoms with van der Waals surface area (Å²) in [4.78, 5) is 0. The smallest absolute Gasteiger partial charge is 0.378 e. The van der Waals surface area contributed by atoms with Crippen molar-refractivity contribution in [1.82, 2.24) is 0 Å². The zero-order valence-electron chi connectivity index (χ0n) is 10.9. The largest absolute Gasteiger partial charge is 0.397 e. The number of ether oxygens (including phenoxy) is 3. The van der Waals surface area contributed by atoms with Gasteiger partial charge in [0.05, 0.1) is 24.9 Å². The van der Waals surface area contributed by atoms with E-state index in [1.54, 1.807) is 7.11 Å². The summed E-state index contributed by atoms with van der Waals surface area (Å²) in [6.07, 6.45) is -1.30. The van der Waals surface area contributed by atoms with Gasteiger partial charge in [-0.05, 0) is 6.92 Å². The fraction of sp³-hybridized carbons (Fsp3) is 1.00. The van der Waals surface area contributed by atoms with Gasteiger partial charge in [-0.2, -0.15) is 8.42 Å². The van der Waals surface area contributed by atoms with Crippen LogP contribution in [0.25, 0.3) is 0 Å². The third kappa shape index (κ3) is 3.87. The summed E-state index contributed by atoms with van der Waals surface area (Å²) < 4.78 is 50.3. The fourth-order valence-corrected chi connectivity index (χ4v) is 2.75. The minimum atomic E-state index is -4.48. The van der Waals surface area contributed by atoms with Gasteiger partial charge in [-0.25, -0.2) is 4.18 Å². The topological polar surface area (TPSA) is 91.3 Å². The molecule has 1 N–H and O–H groups in total. The molecule has 0 aromatic carbocycles. The van der Waals surface area contributed by atoms with Crippen LogP contribution >= 0.6 is 0 Å². The van der Waals surface area contributed by atoms with Gasteiger partial charge in [0, 0.05) is 20.1 Å². The summed E-state index contributed by atoms with van der Waals surface area (Å²) in [5.41, 5.74) is 0. The lowest BCUT2D eigenvalue weighted by molar-refractivity contribution is -0.212. The first-order valence-electron chi connectivity index (χ1n) is 5.63. The predicted octanol–water partition coefficient (Wildman–Crippen LogP) is 0.259. The first-order chi connectivity index (χ1) is 8.30. The molecule has 1 saturated heterocycles. The van der Waals surface area contributed by atoms with Crippen molar-refractivity contribution in [2.75, 3.05) is 20.8 Å². The first kappa shape index (κ1) is 15.8. The maximum Gasteiger partial charge on any atom is 0.397 e. The lowest BCUT2D eigenvalue weighted by atomic mass is 9.88. The SMILES string of the molecule is COC1C(C)[C@H](OC)[C@@H](COS(=O)(=O)O)O[C@@H]1C. The molecule has 1 heterocycles. The van der Waals surface area contributed by atoms with Crippen LogP contribution in [0.5, 0.6) is 0 Å². The Bertz CT molecular complexity index is 355. The molecule has 1 aliphatic heterocycles. The molecule has 2 unspecified atom stereocenters. The van der Waals surface area contributed by atoms with Crippen molar-refractivity contribution in [2.45, 2.75) is 38.3 Å². The van der Waals surface area contributed by atoms with Crippen LogP contribution in [0, 0.1) is 5.92 Å². The Morgan fingerprint density at radius 1 is 1.17 bits per heavy atom. The van der Waals surface area contributed by atoms with Gasteiger partial charge in [0.2, 0.25) is 0 Å². The minimum Gasteiger partial charge on any atom is -0.378 e. The molecule has 108 valence electrons. The molecule has 5 atom stereocenters. The van der Waals surface area contributed by atoms with Crippen LogP contribution in [0.15, 0.2) is 0 Å². The highest BCUT2D eigenvalue weighted by molar-refractivity contribution is 7.80. The Labute approximate surface area is 107 Å². The molecule has 0 radical (unpaired) electrons. The maximum absolute atomic E-state index is 10.6. The van der Waals surface area contributed by atoms with Crippen LogP contribution in [-0.4, -0.2) is 58.2 Å². The lowest BCUT2D eigenvalue weighted by Gasteiger charge is -2.43. The Balaban J connectivity index is 2.73. The highest BCUT2D eigenvalue weighted by Gasteiger charge is 2.42. The zero-order valence-corrected chi connectivity index (χ0v) is 11.7. The Morgan fingerprint density at radius 3 is 2.17 bits per heavy atom. The highest BCUT2D eigenvalue weighted by Crippen LogP contribution is 2.29. The third-order valence-corrected chi connectivity index (χ3v) is 3.61. The van der Waals surface area contributed by atoms with Gasteiger partial charge < -0.3 is 14.2 Å². The summed E-state index contributed by atoms with van der Waals surface area (Å²) in [5, 5.41) is 0. The molecule has 1 aliphatic rings. The number of hydrogen-bond acceptors (Lipinski definition) is 6. The van der Waals surface area contributed by atoms with Crippen LogP contribution in [0.2, 0.25) is 0 Å². The van der Waals surface area contributed by atoms with Crippen molar-refractivity contribution in [3.63, 3.8) is 0 Å². The molecule has 1 fully saturated rings. The van der Waals surface area contributed by atoms with E-state index in [0.29, 0.717) is 0 Å². The molecule has 0 aromatic heterocycles. The van der Waals surface area contributed by atoms with Crippen molar-refractivity contribution in [1.29, 1.82) is 0 Å². The Morgan fingerprint density at radius 2 is 1.72 bits per heavy atom. The van der Waals surface area contributed by atoms with E-state index < -0.39 is 16.5 Å². The summed E-state index contributed by atoms with van der Waals surface area (Å²) in [6.45, 7) is 3.47. The number of rotatable bonds is 5. The van der Waals surface area contributed by atoms with Crippen LogP contribution in [0.1, 0.15) is 13.8 Å². The van der Waals surface area contributed by atoms with Gasteiger partial charge in [0.25, 0.3) is 0 Å². The van der Waals surface area contributed by atoms with Crippen LogP contribution in [0.3, 0.4) is 0 Å². The average molecular weight is 284 g/mol. The Hall–Kier alpha value is -0.250. The fourth-order valence-electron chi connectivity index (χ4n) is 2.44. The maximum atomic E-state index is 10.6. The van der Waals surface area contributed by atoms with E-state index in [-0.39, 0.29) is 30.8 Å². The van der Waals surface area contributed by atoms with E-state index in [9.17, 15) is 8.42 Å². The summed E-state index contributed by atoms with van der Waals surface area (Å²) in [7, 11) is -1.38. The monoisotopic (exact) mass is 284 g/mol. The van der Waals surface area contributed by atoms with Crippen molar-refractivity contribution in [2.24, 2.45) is 5.92 Å². The summed E-state index contributed by atoms with van der Waals surface area (Å²) >= 11 is 0. The molecule has 0 aliphatic carbocycles. The van der Waals surface area contributed by atoms with E-state index in [2.05, 4.69) is 4.18 Å². The van der Waals surface area contributed by atoms with E-state index in [1.165, 1.54) is 7.11 Å². The Kier molecular flexibility index (Phi) is 5.50. The summed E-state index contributed by atoms with van der Waals surface area (Å²) in [5.74, 6) is 0.0127. The van der Waals surface area contributed by atoms with Crippen LogP contribution in [0.4, 0.5) is 0 Å². The van der Waals surface area contributed by atoms with Crippen molar-refractivity contribution in [3.05, 3.63) is 0 Å². The predicted molar refractivity (Wildman–Crippen MR) is 62.6 cm³/mol. The molecular weight excluding hydrogens is 264 g/mol. The zero-order chi connectivity index (χ0) is 13.9. The third-order valence-electron chi connectivity index (χ3n) is 3.18. The van der Waals surface area contributed by atoms with Gasteiger partial charge >= 0.3 is 10.4 Å². The van der Waals surface area contributed by atoms with Crippen molar-refractivity contribution < 1.29 is 31.4 Å². The second kappa shape index (κ2) is 6.27. The minimum absolute atomic E-state index is 0.0127. The average Bonchev–Trinajstić information content (AvgIpc) is 2.25. The quantitative estimate of drug-likeness (QED) is 0.724. The van der Waals surface area contributed by atoms with Gasteiger partial charge in [-0.1, -0.05) is 6.92 Å². The van der Waals surface area contributed by atoms with Gasteiger partial charge in [0.15, 0.2) is 0 Å². The summed E-state index contributed by atoms with van der Waals surface area (Å²) in [6, 6.07) is 0. The number of methoxy groups -OCH3 is 2. The van der Waals surface area contributed by atoms with Crippen LogP contribution in [-0.2, 0) is 28.8 Å². The van der Waals surface area contributed by atoms with Gasteiger partial charge in [-0.3, -0.25) is 4.55 Å². The highest BCUT2D eigenvalue weighted by atomic mass is 32.3. The molecule has 1 rings (SSSR count). The van der Waals surface area contributed by atoms with E-state index in [4.69, 9.17) is 18.8 Å². The molecule has 0 spiro atoms. The molecule has 0 saturated carbocycles. The first-order valence-corrected chi connectivity index (χ1v) is 6.99. The standard InChI is InChI=1S/C10H20O7S/c1-6-9(14-3)7(2)17-8(10(6)15-4)5-16-18(11,12)13/h6-10H,5H2,1-4H3,(H,11,12,13)/t6?,7-,8-,9?,10+/m1/s1. The van der Waals surface area contributed by atoms with Gasteiger partial charge in [-0.15, -0.1) is 0 Å². The molecule has 18 heavy (non-hydrogen) atoms. The molecular formula is C10H20O7S. The molecule has 0 amide bonds. The van der Waals surface area contributed by atoms with E-state index in [1.807, 2.05) is 13.8 Å². The normalized spacial score (nSPS) is 37.7. The van der Waals surface area contributed by atoms with Gasteiger partial charge in [0.1, 0.15) is 6.10 Å². The molecule has 0 aromatic rings. The second-order valence-electron chi connectivity index (χ2n) is 4.35. The van der Waals surface area contributed by atoms with Crippen molar-refractivity contribution >= 4 is 10.4 Å². The van der Waals surface area contributed by atoms with Crippen molar-refractivity contribution in [3.8, 4) is 0 Å². The molecule has 8 heteroatoms. The van der Waals surface area contributed by atoms with E-state index in [0.717, 1.165) is 0 Å². The molecule has 7 nitrogen and oxygen atoms in total.